The standard InChI is InChI=1S/C44H68N2.2C3H7O.Ni/c1-8-15-18-20-22-24-27-41-34(11-4)29-39(30-35(41)12-5)43-33-38(26-17-10-3)44(46(43)45)40-31-36(13-6)42(37(14-7)32-40)28-25-23-21-19-16-9-2;2*1-2-3-4;/h29-33H,8-28H2,1-7H3;2*2-3H2,1H3;/q;2*-1;+2. The Morgan fingerprint density at radius 2 is 0.873 bits per heavy atom. The molecule has 0 aromatic heterocycles. The molecule has 2 aromatic carbocycles. The molecule has 0 bridgehead atoms. The van der Waals surface area contributed by atoms with E-state index in [1.54, 1.807) is 15.8 Å². The Morgan fingerprint density at radius 1 is 0.473 bits per heavy atom. The number of hydrogen-bond acceptors (Lipinski definition) is 2. The third kappa shape index (κ3) is 16.7. The van der Waals surface area contributed by atoms with Gasteiger partial charge >= 0.3 is 62.7 Å². The molecule has 0 saturated heterocycles. The molecule has 0 N–H and O–H groups in total. The van der Waals surface area contributed by atoms with E-state index in [1.807, 2.05) is 0 Å². The van der Waals surface area contributed by atoms with Gasteiger partial charge in [0.25, 0.3) is 0 Å². The van der Waals surface area contributed by atoms with Gasteiger partial charge in [0.1, 0.15) is 0 Å². The quantitative estimate of drug-likeness (QED) is 0.0467. The van der Waals surface area contributed by atoms with Crippen LogP contribution in [0.1, 0.15) is 216 Å². The fourth-order valence-electron chi connectivity index (χ4n) is 7.78. The molecule has 0 atom stereocenters. The van der Waals surface area contributed by atoms with E-state index in [4.69, 9.17) is 7.76 Å². The Labute approximate surface area is 346 Å². The molecule has 0 saturated carbocycles. The summed E-state index contributed by atoms with van der Waals surface area (Å²) >= 11 is 0.942. The van der Waals surface area contributed by atoms with Crippen LogP contribution in [0, 0.1) is 0 Å². The van der Waals surface area contributed by atoms with Crippen molar-refractivity contribution < 1.29 is 27.5 Å². The molecular formula is C50H82N2NiO2. The second kappa shape index (κ2) is 30.1. The molecule has 0 amide bonds. The van der Waals surface area contributed by atoms with E-state index >= 15 is 0 Å². The van der Waals surface area contributed by atoms with E-state index < -0.39 is 0 Å². The summed E-state index contributed by atoms with van der Waals surface area (Å²) in [5, 5.41) is 0. The molecule has 0 aliphatic carbocycles. The van der Waals surface area contributed by atoms with Crippen molar-refractivity contribution in [3.63, 3.8) is 0 Å². The Kier molecular flexibility index (Phi) is 26.8. The first kappa shape index (κ1) is 49.1. The van der Waals surface area contributed by atoms with Gasteiger partial charge in [0, 0.05) is 22.8 Å². The number of hydrogen-bond donors (Lipinski definition) is 0. The van der Waals surface area contributed by atoms with Crippen molar-refractivity contribution in [2.45, 2.75) is 210 Å². The van der Waals surface area contributed by atoms with Gasteiger partial charge < -0.3 is 5.53 Å². The molecule has 1 heterocycles. The number of nitrogens with zero attached hydrogens (tertiary/aromatic N) is 2. The van der Waals surface area contributed by atoms with Crippen LogP contribution in [0.3, 0.4) is 0 Å². The number of aryl methyl sites for hydroxylation is 4. The molecule has 0 radical (unpaired) electrons. The van der Waals surface area contributed by atoms with Gasteiger partial charge in [-0.15, -0.1) is 0 Å². The maximum absolute atomic E-state index is 12.0. The second-order valence-electron chi connectivity index (χ2n) is 15.5. The van der Waals surface area contributed by atoms with Crippen molar-refractivity contribution in [1.29, 1.82) is 0 Å². The molecule has 5 heteroatoms. The first-order valence-electron chi connectivity index (χ1n) is 23.0. The summed E-state index contributed by atoms with van der Waals surface area (Å²) in [6, 6.07) is 9.59. The number of rotatable bonds is 29. The minimum atomic E-state index is 0.781. The van der Waals surface area contributed by atoms with E-state index in [1.165, 1.54) is 123 Å². The van der Waals surface area contributed by atoms with Gasteiger partial charge in [-0.25, -0.2) is 4.70 Å². The molecule has 0 fully saturated rings. The zero-order valence-corrected chi connectivity index (χ0v) is 38.1. The van der Waals surface area contributed by atoms with Crippen LogP contribution in [0.25, 0.3) is 16.9 Å². The molecule has 1 aliphatic heterocycles. The third-order valence-corrected chi connectivity index (χ3v) is 11.6. The molecule has 1 aliphatic rings. The van der Waals surface area contributed by atoms with Crippen molar-refractivity contribution in [3.05, 3.63) is 86.0 Å². The molecule has 55 heavy (non-hydrogen) atoms. The van der Waals surface area contributed by atoms with Gasteiger partial charge in [-0.3, -0.25) is 0 Å². The Bertz CT molecular complexity index is 1390. The van der Waals surface area contributed by atoms with Crippen LogP contribution in [0.2, 0.25) is 0 Å². The van der Waals surface area contributed by atoms with Crippen molar-refractivity contribution in [2.75, 3.05) is 13.2 Å². The number of unbranched alkanes of at least 4 members (excludes halogenated alkanes) is 11. The van der Waals surface area contributed by atoms with Gasteiger partial charge in [-0.1, -0.05) is 119 Å². The van der Waals surface area contributed by atoms with Crippen LogP contribution < -0.4 is 0 Å². The fraction of sp³-hybridized carbons (Fsp3) is 0.680. The van der Waals surface area contributed by atoms with E-state index in [-0.39, 0.29) is 0 Å². The van der Waals surface area contributed by atoms with Gasteiger partial charge in [0.05, 0.1) is 0 Å². The minimum absolute atomic E-state index is 0.781. The summed E-state index contributed by atoms with van der Waals surface area (Å²) in [5.41, 5.74) is 26.6. The summed E-state index contributed by atoms with van der Waals surface area (Å²) in [7, 11) is 0. The summed E-state index contributed by atoms with van der Waals surface area (Å²) in [6.07, 6.45) is 30.2. The zero-order valence-electron chi connectivity index (χ0n) is 37.1. The molecule has 314 valence electrons. The number of benzene rings is 2. The maximum atomic E-state index is 12.0. The van der Waals surface area contributed by atoms with Crippen LogP contribution in [0.4, 0.5) is 0 Å². The van der Waals surface area contributed by atoms with E-state index in [0.29, 0.717) is 0 Å². The summed E-state index contributed by atoms with van der Waals surface area (Å²) in [5.74, 6) is 0. The van der Waals surface area contributed by atoms with Crippen molar-refractivity contribution in [2.24, 2.45) is 0 Å². The van der Waals surface area contributed by atoms with Crippen LogP contribution in [-0.4, -0.2) is 17.9 Å². The molecule has 0 spiro atoms. The Morgan fingerprint density at radius 3 is 1.27 bits per heavy atom. The molecule has 0 unspecified atom stereocenters. The second-order valence-corrected chi connectivity index (χ2v) is 16.2. The van der Waals surface area contributed by atoms with Gasteiger partial charge in [-0.05, 0) is 122 Å². The van der Waals surface area contributed by atoms with Gasteiger partial charge in [-0.2, -0.15) is 0 Å². The van der Waals surface area contributed by atoms with Crippen molar-refractivity contribution in [3.8, 4) is 0 Å². The van der Waals surface area contributed by atoms with E-state index in [9.17, 15) is 5.53 Å². The first-order chi connectivity index (χ1) is 26.9. The Balaban J connectivity index is 0.00000103. The molecular weight excluding hydrogens is 719 g/mol. The Hall–Kier alpha value is -2.07. The topological polar surface area (TPSA) is 43.8 Å². The van der Waals surface area contributed by atoms with Crippen LogP contribution in [-0.2, 0) is 61.4 Å². The fourth-order valence-corrected chi connectivity index (χ4v) is 8.43. The first-order valence-corrected chi connectivity index (χ1v) is 23.8. The molecule has 2 aromatic rings. The van der Waals surface area contributed by atoms with Gasteiger partial charge in [0.2, 0.25) is 11.4 Å². The average molecular weight is 802 g/mol. The van der Waals surface area contributed by atoms with Crippen LogP contribution >= 0.6 is 0 Å². The zero-order chi connectivity index (χ0) is 40.3. The average Bonchev–Trinajstić information content (AvgIpc) is 3.54. The predicted molar refractivity (Wildman–Crippen MR) is 235 cm³/mol. The van der Waals surface area contributed by atoms with Gasteiger partial charge in [0.15, 0.2) is 0 Å². The van der Waals surface area contributed by atoms with Crippen LogP contribution in [0.5, 0.6) is 0 Å². The summed E-state index contributed by atoms with van der Waals surface area (Å²) < 4.78 is 11.6. The molecule has 4 nitrogen and oxygen atoms in total. The number of allylic oxidation sites excluding steroid dienone is 2. The predicted octanol–water partition coefficient (Wildman–Crippen LogP) is 15.5. The van der Waals surface area contributed by atoms with Crippen LogP contribution in [0.15, 0.2) is 35.9 Å². The summed E-state index contributed by atoms with van der Waals surface area (Å²) in [4.78, 5) is 0. The van der Waals surface area contributed by atoms with E-state index in [2.05, 4.69) is 92.7 Å². The summed E-state index contributed by atoms with van der Waals surface area (Å²) in [6.45, 7) is 21.8. The van der Waals surface area contributed by atoms with Crippen molar-refractivity contribution >= 4 is 11.4 Å². The third-order valence-electron chi connectivity index (χ3n) is 11.0. The van der Waals surface area contributed by atoms with Crippen molar-refractivity contribution in [1.82, 2.24) is 0 Å². The monoisotopic (exact) mass is 801 g/mol. The van der Waals surface area contributed by atoms with E-state index in [0.717, 1.165) is 103 Å². The molecule has 3 rings (SSSR count). The normalized spacial score (nSPS) is 12.8. The SMILES string of the molecule is CCCCCCCCc1c(CC)cc(C2=CC(CCCC)=C(c3cc(CC)c(CCCCCCCC)c(CC)c3)[N+]2=[N-])cc1CC.CCC[O][Ni][O]CCC.